The smallest absolute Gasteiger partial charge is 0.305 e. The van der Waals surface area contributed by atoms with Crippen LogP contribution >= 0.6 is 0 Å². The van der Waals surface area contributed by atoms with E-state index in [9.17, 15) is 4.79 Å². The summed E-state index contributed by atoms with van der Waals surface area (Å²) in [5.41, 5.74) is 0. The van der Waals surface area contributed by atoms with Crippen molar-refractivity contribution < 1.29 is 14.3 Å². The van der Waals surface area contributed by atoms with Crippen molar-refractivity contribution in [2.45, 2.75) is 149 Å². The van der Waals surface area contributed by atoms with Gasteiger partial charge >= 0.3 is 5.97 Å². The second kappa shape index (κ2) is 32.4. The Kier molecular flexibility index (Phi) is 33.7. The number of carbonyl (C=O) groups excluding carboxylic acids is 1. The molecule has 3 heteroatoms. The van der Waals surface area contributed by atoms with Gasteiger partial charge < -0.3 is 9.47 Å². The highest BCUT2D eigenvalue weighted by molar-refractivity contribution is 5.68. The Balaban J connectivity index is 0. The van der Waals surface area contributed by atoms with E-state index in [1.165, 1.54) is 116 Å². The van der Waals surface area contributed by atoms with Crippen molar-refractivity contribution >= 4 is 5.97 Å². The minimum Gasteiger partial charge on any atom is -0.469 e. The van der Waals surface area contributed by atoms with Crippen LogP contribution in [0.4, 0.5) is 0 Å². The molecule has 0 spiro atoms. The van der Waals surface area contributed by atoms with Crippen molar-refractivity contribution in [3.63, 3.8) is 0 Å². The Bertz CT molecular complexity index is 357. The number of hydrogen-bond donors (Lipinski definition) is 0. The van der Waals surface area contributed by atoms with E-state index in [0.29, 0.717) is 6.42 Å². The quantitative estimate of drug-likeness (QED) is 0.0875. The van der Waals surface area contributed by atoms with Gasteiger partial charge in [-0.1, -0.05) is 110 Å². The molecule has 0 rings (SSSR count). The summed E-state index contributed by atoms with van der Waals surface area (Å²) < 4.78 is 10.1. The molecular weight excluding hydrogens is 396 g/mol. The number of methoxy groups -OCH3 is 1. The molecule has 32 heavy (non-hydrogen) atoms. The van der Waals surface area contributed by atoms with Crippen molar-refractivity contribution in [2.24, 2.45) is 0 Å². The van der Waals surface area contributed by atoms with E-state index in [4.69, 9.17) is 4.74 Å². The number of carbonyl (C=O) groups is 1. The van der Waals surface area contributed by atoms with Gasteiger partial charge in [0.25, 0.3) is 0 Å². The topological polar surface area (TPSA) is 35.5 Å². The highest BCUT2D eigenvalue weighted by Gasteiger charge is 1.98. The van der Waals surface area contributed by atoms with Gasteiger partial charge in [-0.15, -0.1) is 0 Å². The third kappa shape index (κ3) is 33.8. The summed E-state index contributed by atoms with van der Waals surface area (Å²) in [5, 5.41) is 0. The maximum atomic E-state index is 10.9. The van der Waals surface area contributed by atoms with E-state index in [2.05, 4.69) is 37.7 Å². The number of allylic oxidation sites excluding steroid dienone is 2. The van der Waals surface area contributed by atoms with Crippen molar-refractivity contribution in [3.8, 4) is 0 Å². The molecular formula is C29H58O3. The number of hydrogen-bond acceptors (Lipinski definition) is 3. The fourth-order valence-corrected chi connectivity index (χ4v) is 3.45. The fraction of sp³-hybridized carbons (Fsp3) is 0.897. The van der Waals surface area contributed by atoms with E-state index in [1.54, 1.807) is 0 Å². The summed E-state index contributed by atoms with van der Waals surface area (Å²) in [7, 11) is 1.46. The number of esters is 1. The summed E-state index contributed by atoms with van der Waals surface area (Å²) in [6, 6.07) is 0. The van der Waals surface area contributed by atoms with Crippen LogP contribution in [0.25, 0.3) is 0 Å². The van der Waals surface area contributed by atoms with Crippen LogP contribution in [0.3, 0.4) is 0 Å². The first-order chi connectivity index (χ1) is 15.7. The van der Waals surface area contributed by atoms with Crippen LogP contribution in [0, 0.1) is 0 Å². The van der Waals surface area contributed by atoms with Gasteiger partial charge in [0.2, 0.25) is 0 Å². The van der Waals surface area contributed by atoms with Crippen LogP contribution in [0.15, 0.2) is 12.2 Å². The molecule has 0 aromatic carbocycles. The highest BCUT2D eigenvalue weighted by atomic mass is 16.5. The molecule has 0 fully saturated rings. The monoisotopic (exact) mass is 454 g/mol. The lowest BCUT2D eigenvalue weighted by atomic mass is 10.1. The van der Waals surface area contributed by atoms with Gasteiger partial charge in [-0.25, -0.2) is 0 Å². The first-order valence-corrected chi connectivity index (χ1v) is 14.0. The lowest BCUT2D eigenvalue weighted by Crippen LogP contribution is -1.98. The molecule has 0 atom stereocenters. The van der Waals surface area contributed by atoms with Crippen LogP contribution in [-0.4, -0.2) is 26.3 Å². The molecule has 0 heterocycles. The Morgan fingerprint density at radius 1 is 0.562 bits per heavy atom. The maximum absolute atomic E-state index is 10.9. The molecule has 0 radical (unpaired) electrons. The molecule has 192 valence electrons. The van der Waals surface area contributed by atoms with Crippen molar-refractivity contribution in [1.82, 2.24) is 0 Å². The summed E-state index contributed by atoms with van der Waals surface area (Å²) in [4.78, 5) is 10.9. The number of unbranched alkanes of at least 4 members (excludes halogenated alkanes) is 15. The first kappa shape index (κ1) is 33.3. The largest absolute Gasteiger partial charge is 0.469 e. The zero-order chi connectivity index (χ0) is 24.0. The highest BCUT2D eigenvalue weighted by Crippen LogP contribution is 2.10. The summed E-state index contributed by atoms with van der Waals surface area (Å²) in [5.74, 6) is -0.0763. The third-order valence-electron chi connectivity index (χ3n) is 5.65. The Morgan fingerprint density at radius 3 is 1.44 bits per heavy atom. The SMILES string of the molecule is CCCCCCCC/C=C\CCCCCCCC(=O)OC.CCCCCOCCCCC. The zero-order valence-corrected chi connectivity index (χ0v) is 22.4. The maximum Gasteiger partial charge on any atom is 0.305 e. The molecule has 0 amide bonds. The number of rotatable bonds is 23. The van der Waals surface area contributed by atoms with Crippen LogP contribution in [0.2, 0.25) is 0 Å². The second-order valence-electron chi connectivity index (χ2n) is 8.94. The second-order valence-corrected chi connectivity index (χ2v) is 8.94. The van der Waals surface area contributed by atoms with Crippen LogP contribution < -0.4 is 0 Å². The molecule has 0 aliphatic heterocycles. The van der Waals surface area contributed by atoms with E-state index in [0.717, 1.165) is 26.1 Å². The summed E-state index contributed by atoms with van der Waals surface area (Å²) >= 11 is 0. The molecule has 0 aromatic heterocycles. The van der Waals surface area contributed by atoms with Gasteiger partial charge in [0.15, 0.2) is 0 Å². The average Bonchev–Trinajstić information content (AvgIpc) is 2.81. The molecule has 0 N–H and O–H groups in total. The zero-order valence-electron chi connectivity index (χ0n) is 22.4. The van der Waals surface area contributed by atoms with Gasteiger partial charge in [-0.2, -0.15) is 0 Å². The Morgan fingerprint density at radius 2 is 0.969 bits per heavy atom. The van der Waals surface area contributed by atoms with Crippen LogP contribution in [-0.2, 0) is 14.3 Å². The van der Waals surface area contributed by atoms with E-state index in [1.807, 2.05) is 0 Å². The van der Waals surface area contributed by atoms with E-state index in [-0.39, 0.29) is 5.97 Å². The lowest BCUT2D eigenvalue weighted by Gasteiger charge is -2.01. The molecule has 0 aliphatic carbocycles. The average molecular weight is 455 g/mol. The van der Waals surface area contributed by atoms with E-state index >= 15 is 0 Å². The van der Waals surface area contributed by atoms with Crippen LogP contribution in [0.5, 0.6) is 0 Å². The standard InChI is InChI=1S/C19H36O2.C10H22O/c1-3-4-5-6-7-8-9-10-11-12-13-14-15-16-17-18-19(20)21-2;1-3-5-7-9-11-10-8-6-4-2/h10-11H,3-9,12-18H2,1-2H3;3-10H2,1-2H3/b11-10-;. The van der Waals surface area contributed by atoms with Gasteiger partial charge in [0, 0.05) is 19.6 Å². The normalized spacial score (nSPS) is 10.9. The Labute approximate surface area is 202 Å². The van der Waals surface area contributed by atoms with Crippen LogP contribution in [0.1, 0.15) is 149 Å². The molecule has 0 bridgehead atoms. The predicted molar refractivity (Wildman–Crippen MR) is 141 cm³/mol. The van der Waals surface area contributed by atoms with Gasteiger partial charge in [0.05, 0.1) is 7.11 Å². The molecule has 0 unspecified atom stereocenters. The van der Waals surface area contributed by atoms with Crippen molar-refractivity contribution in [2.75, 3.05) is 20.3 Å². The lowest BCUT2D eigenvalue weighted by molar-refractivity contribution is -0.140. The fourth-order valence-electron chi connectivity index (χ4n) is 3.45. The molecule has 0 saturated heterocycles. The minimum atomic E-state index is -0.0763. The summed E-state index contributed by atoms with van der Waals surface area (Å²) in [6.07, 6.45) is 29.7. The van der Waals surface area contributed by atoms with Gasteiger partial charge in [-0.05, 0) is 44.9 Å². The first-order valence-electron chi connectivity index (χ1n) is 14.0. The van der Waals surface area contributed by atoms with Crippen molar-refractivity contribution in [1.29, 1.82) is 0 Å². The molecule has 0 saturated carbocycles. The third-order valence-corrected chi connectivity index (χ3v) is 5.65. The van der Waals surface area contributed by atoms with Gasteiger partial charge in [-0.3, -0.25) is 4.79 Å². The Hall–Kier alpha value is -0.830. The molecule has 3 nitrogen and oxygen atoms in total. The predicted octanol–water partition coefficient (Wildman–Crippen LogP) is 9.58. The van der Waals surface area contributed by atoms with E-state index < -0.39 is 0 Å². The molecule has 0 aromatic rings. The molecule has 0 aliphatic rings. The summed E-state index contributed by atoms with van der Waals surface area (Å²) in [6.45, 7) is 8.64. The van der Waals surface area contributed by atoms with Crippen molar-refractivity contribution in [3.05, 3.63) is 12.2 Å². The minimum absolute atomic E-state index is 0.0763. The number of ether oxygens (including phenoxy) is 2. The van der Waals surface area contributed by atoms with Gasteiger partial charge in [0.1, 0.15) is 0 Å².